The molecule has 4 heterocycles. The summed E-state index contributed by atoms with van der Waals surface area (Å²) in [4.78, 5) is 22.0. The van der Waals surface area contributed by atoms with Gasteiger partial charge < -0.3 is 15.2 Å². The van der Waals surface area contributed by atoms with Crippen molar-refractivity contribution in [2.45, 2.75) is 37.5 Å². The summed E-state index contributed by atoms with van der Waals surface area (Å²) in [7, 11) is 1.80. The summed E-state index contributed by atoms with van der Waals surface area (Å²) < 4.78 is 17.1. The summed E-state index contributed by atoms with van der Waals surface area (Å²) in [6, 6.07) is 5.94. The second kappa shape index (κ2) is 6.25. The molecule has 2 fully saturated rings. The first-order chi connectivity index (χ1) is 14.6. The van der Waals surface area contributed by atoms with Gasteiger partial charge in [-0.3, -0.25) is 4.79 Å². The van der Waals surface area contributed by atoms with Gasteiger partial charge in [-0.1, -0.05) is 0 Å². The third kappa shape index (κ3) is 2.65. The third-order valence-electron chi connectivity index (χ3n) is 5.81. The zero-order chi connectivity index (χ0) is 20.4. The maximum Gasteiger partial charge on any atom is 0.257 e. The zero-order valence-corrected chi connectivity index (χ0v) is 16.3. The number of aromatic nitrogens is 5. The number of carbonyl (C=O) groups excluding carboxylic acids is 1. The molecule has 4 aromatic rings. The molecule has 8 nitrogen and oxygen atoms in total. The van der Waals surface area contributed by atoms with Gasteiger partial charge in [0.15, 0.2) is 5.65 Å². The second-order valence-corrected chi connectivity index (χ2v) is 7.96. The van der Waals surface area contributed by atoms with Crippen LogP contribution in [0.5, 0.6) is 0 Å². The Hall–Kier alpha value is -3.49. The minimum Gasteiger partial charge on any atom is -0.373 e. The average molecular weight is 405 g/mol. The Labute approximate surface area is 171 Å². The van der Waals surface area contributed by atoms with Crippen LogP contribution in [-0.2, 0) is 0 Å². The van der Waals surface area contributed by atoms with Gasteiger partial charge in [-0.15, -0.1) is 0 Å². The van der Waals surface area contributed by atoms with Crippen molar-refractivity contribution < 1.29 is 9.18 Å². The number of hydrogen-bond acceptors (Lipinski definition) is 5. The fraction of sp³-hybridized carbons (Fsp3) is 0.333. The predicted octanol–water partition coefficient (Wildman–Crippen LogP) is 2.96. The van der Waals surface area contributed by atoms with Crippen molar-refractivity contribution in [3.05, 3.63) is 42.4 Å². The number of halogens is 1. The molecule has 0 spiro atoms. The van der Waals surface area contributed by atoms with Gasteiger partial charge in [-0.2, -0.15) is 9.61 Å². The van der Waals surface area contributed by atoms with Gasteiger partial charge in [0, 0.05) is 48.9 Å². The van der Waals surface area contributed by atoms with E-state index < -0.39 is 12.2 Å². The molecule has 1 amide bonds. The van der Waals surface area contributed by atoms with Gasteiger partial charge in [-0.05, 0) is 25.0 Å². The summed E-state index contributed by atoms with van der Waals surface area (Å²) in [5.74, 6) is 0.351. The molecule has 4 aromatic heterocycles. The molecule has 0 aromatic carbocycles. The minimum atomic E-state index is -0.965. The number of rotatable bonds is 5. The van der Waals surface area contributed by atoms with Crippen molar-refractivity contribution in [3.8, 4) is 11.3 Å². The van der Waals surface area contributed by atoms with Crippen LogP contribution in [-0.4, -0.2) is 49.3 Å². The van der Waals surface area contributed by atoms with Crippen molar-refractivity contribution in [2.24, 2.45) is 0 Å². The Kier molecular flexibility index (Phi) is 3.62. The van der Waals surface area contributed by atoms with E-state index in [4.69, 9.17) is 4.98 Å². The van der Waals surface area contributed by atoms with Gasteiger partial charge in [-0.25, -0.2) is 14.4 Å². The molecule has 0 saturated heterocycles. The lowest BCUT2D eigenvalue weighted by molar-refractivity contribution is 0.0949. The Bertz CT molecular complexity index is 1310. The lowest BCUT2D eigenvalue weighted by Crippen LogP contribution is -2.27. The Morgan fingerprint density at radius 1 is 1.30 bits per heavy atom. The van der Waals surface area contributed by atoms with Crippen molar-refractivity contribution >= 4 is 28.4 Å². The molecule has 0 aliphatic heterocycles. The molecule has 2 atom stereocenters. The van der Waals surface area contributed by atoms with Crippen LogP contribution in [0.1, 0.15) is 35.7 Å². The van der Waals surface area contributed by atoms with Crippen LogP contribution in [0, 0.1) is 0 Å². The standard InChI is InChI=1S/C21H20FN7O/c1-23-18-8-16(14-10-28(11-4-5-11)19-12(14)3-2-6-24-19)26-20-13(9-25-29(18)20)21(30)27-17-7-15(17)22/h2-3,6,8-11,15,17,23H,4-5,7H2,1H3,(H,27,30)/t15-,17+/m0/s1. The number of alkyl halides is 1. The maximum absolute atomic E-state index is 13.2. The van der Waals surface area contributed by atoms with Crippen LogP contribution < -0.4 is 10.6 Å². The number of nitrogens with one attached hydrogen (secondary N) is 2. The lowest BCUT2D eigenvalue weighted by atomic mass is 10.1. The first-order valence-corrected chi connectivity index (χ1v) is 10.1. The number of carbonyl (C=O) groups is 1. The molecule has 2 N–H and O–H groups in total. The van der Waals surface area contributed by atoms with Gasteiger partial charge in [0.05, 0.1) is 17.9 Å². The number of nitrogens with zero attached hydrogens (tertiary/aromatic N) is 5. The highest BCUT2D eigenvalue weighted by Gasteiger charge is 2.39. The van der Waals surface area contributed by atoms with E-state index in [-0.39, 0.29) is 5.91 Å². The monoisotopic (exact) mass is 405 g/mol. The molecule has 2 aliphatic carbocycles. The summed E-state index contributed by atoms with van der Waals surface area (Å²) in [6.07, 6.45) is 7.08. The quantitative estimate of drug-likeness (QED) is 0.533. The van der Waals surface area contributed by atoms with Gasteiger partial charge in [0.1, 0.15) is 23.2 Å². The van der Waals surface area contributed by atoms with Crippen molar-refractivity contribution in [1.82, 2.24) is 29.5 Å². The van der Waals surface area contributed by atoms with E-state index >= 15 is 0 Å². The van der Waals surface area contributed by atoms with Crippen LogP contribution in [0.3, 0.4) is 0 Å². The molecule has 6 rings (SSSR count). The predicted molar refractivity (Wildman–Crippen MR) is 110 cm³/mol. The average Bonchev–Trinajstić information content (AvgIpc) is 3.64. The normalized spacial score (nSPS) is 20.6. The van der Waals surface area contributed by atoms with Crippen molar-refractivity contribution in [1.29, 1.82) is 0 Å². The SMILES string of the molecule is CNc1cc(-c2cn(C3CC3)c3ncccc23)nc2c(C(=O)N[C@@H]3C[C@@H]3F)cnn12. The molecule has 0 radical (unpaired) electrons. The maximum atomic E-state index is 13.2. The van der Waals surface area contributed by atoms with Crippen molar-refractivity contribution in [2.75, 3.05) is 12.4 Å². The van der Waals surface area contributed by atoms with Crippen LogP contribution in [0.4, 0.5) is 10.2 Å². The molecule has 9 heteroatoms. The van der Waals surface area contributed by atoms with E-state index in [1.807, 2.05) is 18.2 Å². The van der Waals surface area contributed by atoms with Crippen LogP contribution in [0.2, 0.25) is 0 Å². The molecule has 2 aliphatic rings. The molecule has 2 saturated carbocycles. The summed E-state index contributed by atoms with van der Waals surface area (Å²) in [6.45, 7) is 0. The highest BCUT2D eigenvalue weighted by Crippen LogP contribution is 2.40. The molecular weight excluding hydrogens is 385 g/mol. The molecule has 30 heavy (non-hydrogen) atoms. The van der Waals surface area contributed by atoms with E-state index in [1.165, 1.54) is 6.20 Å². The Balaban J connectivity index is 1.51. The molecular formula is C21H20FN7O. The van der Waals surface area contributed by atoms with Crippen LogP contribution in [0.25, 0.3) is 27.9 Å². The molecule has 0 unspecified atom stereocenters. The van der Waals surface area contributed by atoms with Crippen LogP contribution >= 0.6 is 0 Å². The van der Waals surface area contributed by atoms with Gasteiger partial charge in [0.25, 0.3) is 5.91 Å². The number of pyridine rings is 1. The van der Waals surface area contributed by atoms with E-state index in [1.54, 1.807) is 17.8 Å². The zero-order valence-electron chi connectivity index (χ0n) is 16.3. The fourth-order valence-electron chi connectivity index (χ4n) is 3.92. The van der Waals surface area contributed by atoms with E-state index in [9.17, 15) is 9.18 Å². The first-order valence-electron chi connectivity index (χ1n) is 10.1. The lowest BCUT2D eigenvalue weighted by Gasteiger charge is -2.08. The molecule has 0 bridgehead atoms. The summed E-state index contributed by atoms with van der Waals surface area (Å²) in [5, 5.41) is 11.2. The second-order valence-electron chi connectivity index (χ2n) is 7.96. The van der Waals surface area contributed by atoms with Crippen molar-refractivity contribution in [3.63, 3.8) is 0 Å². The Morgan fingerprint density at radius 3 is 2.87 bits per heavy atom. The summed E-state index contributed by atoms with van der Waals surface area (Å²) >= 11 is 0. The first kappa shape index (κ1) is 17.4. The highest BCUT2D eigenvalue weighted by molar-refractivity contribution is 6.01. The smallest absolute Gasteiger partial charge is 0.257 e. The Morgan fingerprint density at radius 2 is 2.13 bits per heavy atom. The largest absolute Gasteiger partial charge is 0.373 e. The van der Waals surface area contributed by atoms with Gasteiger partial charge >= 0.3 is 0 Å². The van der Waals surface area contributed by atoms with Crippen LogP contribution in [0.15, 0.2) is 36.8 Å². The topological polar surface area (TPSA) is 89.1 Å². The van der Waals surface area contributed by atoms with E-state index in [0.717, 1.165) is 35.1 Å². The fourth-order valence-corrected chi connectivity index (χ4v) is 3.92. The molecule has 152 valence electrons. The number of hydrogen-bond donors (Lipinski definition) is 2. The number of amides is 1. The summed E-state index contributed by atoms with van der Waals surface area (Å²) in [5.41, 5.74) is 3.39. The minimum absolute atomic E-state index is 0.330. The number of anilines is 1. The number of fused-ring (bicyclic) bond motifs is 2. The van der Waals surface area contributed by atoms with Gasteiger partial charge in [0.2, 0.25) is 0 Å². The highest BCUT2D eigenvalue weighted by atomic mass is 19.1. The third-order valence-corrected chi connectivity index (χ3v) is 5.81. The van der Waals surface area contributed by atoms with E-state index in [2.05, 4.69) is 31.5 Å². The van der Waals surface area contributed by atoms with E-state index in [0.29, 0.717) is 29.5 Å².